The second-order valence-electron chi connectivity index (χ2n) is 9.15. The number of esters is 1. The molecule has 5 nitrogen and oxygen atoms in total. The number of hydrogen-bond donors (Lipinski definition) is 0. The molecule has 0 amide bonds. The standard InChI is InChI=1S/C23H45NO4/c1-5-6-7-8-9-10-11-12-13-14-15-16-17-18-23(27)28-21(19-22(25)26)20-24(2,3)4/h21H,5-20H2,1-4H3/t21-/m1/s1. The number of aliphatic carboxylic acids is 1. The Hall–Kier alpha value is -1.10. The zero-order valence-corrected chi connectivity index (χ0v) is 19.0. The van der Waals surface area contributed by atoms with E-state index in [0.29, 0.717) is 17.4 Å². The molecule has 0 saturated heterocycles. The van der Waals surface area contributed by atoms with Crippen molar-refractivity contribution in [1.29, 1.82) is 0 Å². The van der Waals surface area contributed by atoms with E-state index in [2.05, 4.69) is 6.92 Å². The minimum Gasteiger partial charge on any atom is -0.550 e. The fourth-order valence-corrected chi connectivity index (χ4v) is 3.47. The predicted molar refractivity (Wildman–Crippen MR) is 113 cm³/mol. The summed E-state index contributed by atoms with van der Waals surface area (Å²) in [5, 5.41) is 10.9. The molecule has 0 saturated carbocycles. The van der Waals surface area contributed by atoms with E-state index in [1.165, 1.54) is 64.2 Å². The van der Waals surface area contributed by atoms with Crippen molar-refractivity contribution in [3.05, 3.63) is 0 Å². The molecule has 0 aliphatic rings. The highest BCUT2D eigenvalue weighted by atomic mass is 16.5. The first-order chi connectivity index (χ1) is 13.2. The van der Waals surface area contributed by atoms with Crippen molar-refractivity contribution in [3.63, 3.8) is 0 Å². The van der Waals surface area contributed by atoms with E-state index in [-0.39, 0.29) is 12.4 Å². The monoisotopic (exact) mass is 399 g/mol. The van der Waals surface area contributed by atoms with Crippen LogP contribution in [0.1, 0.15) is 103 Å². The highest BCUT2D eigenvalue weighted by molar-refractivity contribution is 5.70. The van der Waals surface area contributed by atoms with Crippen LogP contribution in [0.4, 0.5) is 0 Å². The summed E-state index contributed by atoms with van der Waals surface area (Å²) in [6.45, 7) is 2.72. The smallest absolute Gasteiger partial charge is 0.306 e. The number of likely N-dealkylation sites (N-methyl/N-ethyl adjacent to an activating group) is 1. The zero-order valence-electron chi connectivity index (χ0n) is 19.0. The minimum atomic E-state index is -1.17. The van der Waals surface area contributed by atoms with Gasteiger partial charge in [-0.05, 0) is 6.42 Å². The Kier molecular flexibility index (Phi) is 16.2. The molecule has 0 aromatic rings. The van der Waals surface area contributed by atoms with Gasteiger partial charge < -0.3 is 19.1 Å². The number of hydrogen-bond acceptors (Lipinski definition) is 4. The summed E-state index contributed by atoms with van der Waals surface area (Å²) in [6, 6.07) is 0. The topological polar surface area (TPSA) is 66.4 Å². The highest BCUT2D eigenvalue weighted by Gasteiger charge is 2.22. The number of carbonyl (C=O) groups is 2. The van der Waals surface area contributed by atoms with Gasteiger partial charge in [0.1, 0.15) is 6.54 Å². The number of unbranched alkanes of at least 4 members (excludes halogenated alkanes) is 12. The molecule has 166 valence electrons. The molecule has 0 radical (unpaired) electrons. The van der Waals surface area contributed by atoms with Gasteiger partial charge in [0.25, 0.3) is 0 Å². The van der Waals surface area contributed by atoms with Gasteiger partial charge in [-0.3, -0.25) is 4.79 Å². The van der Waals surface area contributed by atoms with Crippen molar-refractivity contribution >= 4 is 11.9 Å². The van der Waals surface area contributed by atoms with E-state index < -0.39 is 12.1 Å². The van der Waals surface area contributed by atoms with Gasteiger partial charge in [-0.2, -0.15) is 0 Å². The minimum absolute atomic E-state index is 0.236. The maximum atomic E-state index is 12.0. The number of quaternary nitrogens is 1. The lowest BCUT2D eigenvalue weighted by atomic mass is 10.0. The van der Waals surface area contributed by atoms with Crippen molar-refractivity contribution in [2.24, 2.45) is 0 Å². The van der Waals surface area contributed by atoms with Gasteiger partial charge >= 0.3 is 5.97 Å². The molecule has 0 unspecified atom stereocenters. The van der Waals surface area contributed by atoms with Crippen molar-refractivity contribution in [2.45, 2.75) is 109 Å². The molecule has 0 N–H and O–H groups in total. The van der Waals surface area contributed by atoms with Gasteiger partial charge in [-0.25, -0.2) is 0 Å². The summed E-state index contributed by atoms with van der Waals surface area (Å²) in [6.07, 6.45) is 16.0. The summed E-state index contributed by atoms with van der Waals surface area (Å²) in [5.74, 6) is -1.46. The second-order valence-corrected chi connectivity index (χ2v) is 9.15. The summed E-state index contributed by atoms with van der Waals surface area (Å²) in [7, 11) is 5.84. The fraction of sp³-hybridized carbons (Fsp3) is 0.913. The predicted octanol–water partition coefficient (Wildman–Crippen LogP) is 4.23. The molecule has 0 heterocycles. The summed E-state index contributed by atoms with van der Waals surface area (Å²) < 4.78 is 5.91. The Morgan fingerprint density at radius 1 is 0.786 bits per heavy atom. The molecule has 0 rings (SSSR count). The third-order valence-corrected chi connectivity index (χ3v) is 4.93. The van der Waals surface area contributed by atoms with Gasteiger partial charge in [0.15, 0.2) is 6.10 Å². The number of ether oxygens (including phenoxy) is 1. The van der Waals surface area contributed by atoms with E-state index in [0.717, 1.165) is 19.3 Å². The van der Waals surface area contributed by atoms with E-state index in [1.54, 1.807) is 0 Å². The van der Waals surface area contributed by atoms with E-state index >= 15 is 0 Å². The Bertz CT molecular complexity index is 404. The summed E-state index contributed by atoms with van der Waals surface area (Å²) >= 11 is 0. The van der Waals surface area contributed by atoms with Crippen molar-refractivity contribution < 1.29 is 23.9 Å². The van der Waals surface area contributed by atoms with Crippen LogP contribution in [0.25, 0.3) is 0 Å². The van der Waals surface area contributed by atoms with Gasteiger partial charge in [0.2, 0.25) is 0 Å². The highest BCUT2D eigenvalue weighted by Crippen LogP contribution is 2.13. The quantitative estimate of drug-likeness (QED) is 0.185. The van der Waals surface area contributed by atoms with Crippen LogP contribution in [-0.4, -0.2) is 50.2 Å². The van der Waals surface area contributed by atoms with Crippen LogP contribution in [0.3, 0.4) is 0 Å². The molecule has 28 heavy (non-hydrogen) atoms. The Morgan fingerprint density at radius 2 is 1.21 bits per heavy atom. The molecule has 1 atom stereocenters. The lowest BCUT2D eigenvalue weighted by Crippen LogP contribution is -2.45. The van der Waals surface area contributed by atoms with Crippen molar-refractivity contribution in [2.75, 3.05) is 27.7 Å². The van der Waals surface area contributed by atoms with E-state index in [1.807, 2.05) is 21.1 Å². The summed E-state index contributed by atoms with van der Waals surface area (Å²) in [5.41, 5.74) is 0. The SMILES string of the molecule is CCCCCCCCCCCCCCCC(=O)O[C@H](CC(=O)[O-])C[N+](C)(C)C. The van der Waals surface area contributed by atoms with Crippen molar-refractivity contribution in [1.82, 2.24) is 0 Å². The number of rotatable bonds is 19. The first-order valence-electron chi connectivity index (χ1n) is 11.4. The molecule has 0 aromatic carbocycles. The van der Waals surface area contributed by atoms with Gasteiger partial charge in [0, 0.05) is 18.8 Å². The molecule has 0 aromatic heterocycles. The number of carboxylic acids is 1. The summed E-state index contributed by atoms with van der Waals surface area (Å²) in [4.78, 5) is 22.8. The van der Waals surface area contributed by atoms with Crippen LogP contribution in [0.5, 0.6) is 0 Å². The van der Waals surface area contributed by atoms with E-state index in [9.17, 15) is 14.7 Å². The second kappa shape index (κ2) is 16.8. The van der Waals surface area contributed by atoms with Crippen LogP contribution >= 0.6 is 0 Å². The number of nitrogens with zero attached hydrogens (tertiary/aromatic N) is 1. The number of carbonyl (C=O) groups excluding carboxylic acids is 2. The van der Waals surface area contributed by atoms with Crippen LogP contribution in [-0.2, 0) is 14.3 Å². The molecule has 5 heteroatoms. The molecule has 0 aliphatic carbocycles. The first kappa shape index (κ1) is 26.9. The van der Waals surface area contributed by atoms with Crippen LogP contribution in [0.2, 0.25) is 0 Å². The Labute approximate surface area is 173 Å². The van der Waals surface area contributed by atoms with Crippen LogP contribution in [0.15, 0.2) is 0 Å². The molecular formula is C23H45NO4. The lowest BCUT2D eigenvalue weighted by Gasteiger charge is -2.29. The lowest BCUT2D eigenvalue weighted by molar-refractivity contribution is -0.873. The first-order valence-corrected chi connectivity index (χ1v) is 11.4. The molecule has 0 spiro atoms. The Balaban J connectivity index is 3.63. The molecular weight excluding hydrogens is 354 g/mol. The van der Waals surface area contributed by atoms with Gasteiger partial charge in [0.05, 0.1) is 21.1 Å². The van der Waals surface area contributed by atoms with Gasteiger partial charge in [-0.15, -0.1) is 0 Å². The van der Waals surface area contributed by atoms with E-state index in [4.69, 9.17) is 4.74 Å². The third-order valence-electron chi connectivity index (χ3n) is 4.93. The van der Waals surface area contributed by atoms with Crippen LogP contribution < -0.4 is 5.11 Å². The number of carboxylic acid groups (broad SMARTS) is 1. The maximum absolute atomic E-state index is 12.0. The molecule has 0 aliphatic heterocycles. The normalized spacial score (nSPS) is 12.7. The molecule has 0 fully saturated rings. The average Bonchev–Trinajstić information content (AvgIpc) is 2.56. The van der Waals surface area contributed by atoms with Crippen LogP contribution in [0, 0.1) is 0 Å². The average molecular weight is 400 g/mol. The third kappa shape index (κ3) is 19.7. The van der Waals surface area contributed by atoms with Gasteiger partial charge in [-0.1, -0.05) is 84.0 Å². The maximum Gasteiger partial charge on any atom is 0.306 e. The fourth-order valence-electron chi connectivity index (χ4n) is 3.47. The molecule has 0 bridgehead atoms. The Morgan fingerprint density at radius 3 is 1.61 bits per heavy atom. The largest absolute Gasteiger partial charge is 0.550 e. The van der Waals surface area contributed by atoms with Crippen molar-refractivity contribution in [3.8, 4) is 0 Å². The zero-order chi connectivity index (χ0) is 21.3.